The molecule has 25 heavy (non-hydrogen) atoms. The van der Waals surface area contributed by atoms with Crippen molar-refractivity contribution in [1.82, 2.24) is 0 Å². The molecule has 0 atom stereocenters. The maximum atomic E-state index is 13.4. The first-order valence-electron chi connectivity index (χ1n) is 7.92. The van der Waals surface area contributed by atoms with Crippen LogP contribution in [0.5, 0.6) is 11.5 Å². The molecule has 3 aromatic carbocycles. The summed E-state index contributed by atoms with van der Waals surface area (Å²) in [4.78, 5) is 13.4. The van der Waals surface area contributed by atoms with Gasteiger partial charge in [0, 0.05) is 24.1 Å². The molecule has 0 bridgehead atoms. The lowest BCUT2D eigenvalue weighted by Crippen LogP contribution is -2.21. The minimum atomic E-state index is -1.33. The molecule has 0 unspecified atom stereocenters. The molecule has 3 rings (SSSR count). The Morgan fingerprint density at radius 1 is 0.680 bits per heavy atom. The second-order valence-electron chi connectivity index (χ2n) is 5.35. The lowest BCUT2D eigenvalue weighted by atomic mass is 10.2. The van der Waals surface area contributed by atoms with Crippen molar-refractivity contribution in [1.29, 1.82) is 0 Å². The third-order valence-electron chi connectivity index (χ3n) is 3.88. The standard InChI is InChI=1S/C21H19O3P/c1-23-17-12-6-8-14-19(17)25(20-15-9-7-13-18(20)24-2)21(22)16-10-4-3-5-11-16/h3-15H,1-2H3. The zero-order valence-electron chi connectivity index (χ0n) is 14.2. The van der Waals surface area contributed by atoms with Crippen LogP contribution >= 0.6 is 7.92 Å². The number of benzene rings is 3. The van der Waals surface area contributed by atoms with E-state index in [4.69, 9.17) is 9.47 Å². The number of carbonyl (C=O) groups is 1. The van der Waals surface area contributed by atoms with Crippen molar-refractivity contribution in [3.63, 3.8) is 0 Å². The largest absolute Gasteiger partial charge is 0.496 e. The van der Waals surface area contributed by atoms with E-state index in [1.54, 1.807) is 14.2 Å². The second kappa shape index (κ2) is 7.96. The molecule has 0 aliphatic heterocycles. The van der Waals surface area contributed by atoms with Crippen molar-refractivity contribution in [2.24, 2.45) is 0 Å². The first-order valence-corrected chi connectivity index (χ1v) is 9.26. The first-order chi connectivity index (χ1) is 12.3. The van der Waals surface area contributed by atoms with Gasteiger partial charge in [-0.25, -0.2) is 0 Å². The summed E-state index contributed by atoms with van der Waals surface area (Å²) in [6.45, 7) is 0. The Morgan fingerprint density at radius 3 is 1.60 bits per heavy atom. The highest BCUT2D eigenvalue weighted by Gasteiger charge is 2.28. The summed E-state index contributed by atoms with van der Waals surface area (Å²) in [5, 5.41) is 1.77. The molecule has 0 saturated carbocycles. The van der Waals surface area contributed by atoms with Crippen LogP contribution in [0, 0.1) is 0 Å². The minimum absolute atomic E-state index is 0.0737. The number of hydrogen-bond donors (Lipinski definition) is 0. The summed E-state index contributed by atoms with van der Waals surface area (Å²) in [5.74, 6) is 1.42. The topological polar surface area (TPSA) is 35.5 Å². The fourth-order valence-corrected chi connectivity index (χ4v) is 5.03. The van der Waals surface area contributed by atoms with Crippen molar-refractivity contribution >= 4 is 24.1 Å². The summed E-state index contributed by atoms with van der Waals surface area (Å²) in [6, 6.07) is 24.7. The van der Waals surface area contributed by atoms with Crippen LogP contribution in [0.4, 0.5) is 0 Å². The molecule has 0 N–H and O–H groups in total. The Hall–Kier alpha value is -2.64. The van der Waals surface area contributed by atoms with E-state index in [0.717, 1.165) is 10.6 Å². The number of ether oxygens (including phenoxy) is 2. The number of methoxy groups -OCH3 is 2. The SMILES string of the molecule is COc1ccccc1P(C(=O)c1ccccc1)c1ccccc1OC. The Kier molecular flexibility index (Phi) is 5.47. The molecule has 0 amide bonds. The fourth-order valence-electron chi connectivity index (χ4n) is 2.69. The molecule has 4 heteroatoms. The van der Waals surface area contributed by atoms with Crippen molar-refractivity contribution in [3.05, 3.63) is 84.4 Å². The van der Waals surface area contributed by atoms with Gasteiger partial charge in [0.15, 0.2) is 5.52 Å². The van der Waals surface area contributed by atoms with E-state index >= 15 is 0 Å². The fraction of sp³-hybridized carbons (Fsp3) is 0.0952. The van der Waals surface area contributed by atoms with Crippen LogP contribution < -0.4 is 20.1 Å². The van der Waals surface area contributed by atoms with Crippen molar-refractivity contribution in [3.8, 4) is 11.5 Å². The molecule has 0 heterocycles. The van der Waals surface area contributed by atoms with Gasteiger partial charge in [-0.1, -0.05) is 66.7 Å². The minimum Gasteiger partial charge on any atom is -0.496 e. The molecule has 0 aliphatic carbocycles. The van der Waals surface area contributed by atoms with Crippen LogP contribution in [0.3, 0.4) is 0 Å². The highest BCUT2D eigenvalue weighted by molar-refractivity contribution is 7.88. The molecule has 0 saturated heterocycles. The Balaban J connectivity index is 2.20. The van der Waals surface area contributed by atoms with Gasteiger partial charge in [0.1, 0.15) is 11.5 Å². The van der Waals surface area contributed by atoms with Crippen LogP contribution in [0.25, 0.3) is 0 Å². The quantitative estimate of drug-likeness (QED) is 0.631. The van der Waals surface area contributed by atoms with Gasteiger partial charge < -0.3 is 9.47 Å². The number of rotatable bonds is 6. The van der Waals surface area contributed by atoms with E-state index in [0.29, 0.717) is 17.1 Å². The summed E-state index contributed by atoms with van der Waals surface area (Å²) in [5.41, 5.74) is 0.759. The average molecular weight is 350 g/mol. The number of hydrogen-bond acceptors (Lipinski definition) is 3. The van der Waals surface area contributed by atoms with Gasteiger partial charge in [-0.3, -0.25) is 4.79 Å². The number of para-hydroxylation sites is 2. The third kappa shape index (κ3) is 3.57. The molecule has 0 spiro atoms. The molecule has 0 aliphatic rings. The molecule has 0 radical (unpaired) electrons. The predicted octanol–water partition coefficient (Wildman–Crippen LogP) is 3.98. The summed E-state index contributed by atoms with van der Waals surface area (Å²) < 4.78 is 11.1. The highest BCUT2D eigenvalue weighted by Crippen LogP contribution is 2.43. The van der Waals surface area contributed by atoms with Crippen molar-refractivity contribution < 1.29 is 14.3 Å². The van der Waals surface area contributed by atoms with Gasteiger partial charge >= 0.3 is 0 Å². The van der Waals surface area contributed by atoms with E-state index in [9.17, 15) is 4.79 Å². The smallest absolute Gasteiger partial charge is 0.193 e. The lowest BCUT2D eigenvalue weighted by Gasteiger charge is -2.21. The van der Waals surface area contributed by atoms with Crippen molar-refractivity contribution in [2.45, 2.75) is 0 Å². The molecule has 0 aromatic heterocycles. The van der Waals surface area contributed by atoms with Gasteiger partial charge in [-0.05, 0) is 12.1 Å². The van der Waals surface area contributed by atoms with E-state index in [2.05, 4.69) is 0 Å². The lowest BCUT2D eigenvalue weighted by molar-refractivity contribution is 0.108. The molecule has 3 nitrogen and oxygen atoms in total. The van der Waals surface area contributed by atoms with Gasteiger partial charge in [-0.15, -0.1) is 0 Å². The molecular weight excluding hydrogens is 331 g/mol. The van der Waals surface area contributed by atoms with Gasteiger partial charge in [0.05, 0.1) is 14.2 Å². The Bertz CT molecular complexity index is 814. The molecule has 3 aromatic rings. The Labute approximate surface area is 149 Å². The highest BCUT2D eigenvalue weighted by atomic mass is 31.1. The van der Waals surface area contributed by atoms with Crippen molar-refractivity contribution in [2.75, 3.05) is 14.2 Å². The summed E-state index contributed by atoms with van der Waals surface area (Å²) in [7, 11) is 1.92. The maximum Gasteiger partial charge on any atom is 0.193 e. The van der Waals surface area contributed by atoms with Gasteiger partial charge in [0.25, 0.3) is 0 Å². The van der Waals surface area contributed by atoms with Gasteiger partial charge in [0.2, 0.25) is 0 Å². The predicted molar refractivity (Wildman–Crippen MR) is 103 cm³/mol. The van der Waals surface area contributed by atoms with Crippen LogP contribution in [-0.4, -0.2) is 19.7 Å². The maximum absolute atomic E-state index is 13.4. The van der Waals surface area contributed by atoms with Crippen LogP contribution in [0.2, 0.25) is 0 Å². The second-order valence-corrected chi connectivity index (χ2v) is 7.39. The van der Waals surface area contributed by atoms with Crippen LogP contribution in [0.15, 0.2) is 78.9 Å². The monoisotopic (exact) mass is 350 g/mol. The first kappa shape index (κ1) is 17.2. The normalized spacial score (nSPS) is 10.5. The van der Waals surface area contributed by atoms with E-state index in [1.807, 2.05) is 78.9 Å². The summed E-state index contributed by atoms with van der Waals surface area (Å²) in [6.07, 6.45) is 0. The zero-order valence-corrected chi connectivity index (χ0v) is 15.1. The van der Waals surface area contributed by atoms with E-state index in [1.165, 1.54) is 0 Å². The summed E-state index contributed by atoms with van der Waals surface area (Å²) >= 11 is 0. The van der Waals surface area contributed by atoms with Crippen LogP contribution in [0.1, 0.15) is 10.4 Å². The van der Waals surface area contributed by atoms with E-state index < -0.39 is 7.92 Å². The molecule has 126 valence electrons. The number of carbonyl (C=O) groups excluding carboxylic acids is 1. The zero-order chi connectivity index (χ0) is 17.6. The molecule has 0 fully saturated rings. The molecular formula is C21H19O3P. The van der Waals surface area contributed by atoms with E-state index in [-0.39, 0.29) is 5.52 Å². The van der Waals surface area contributed by atoms with Gasteiger partial charge in [-0.2, -0.15) is 0 Å². The average Bonchev–Trinajstić information content (AvgIpc) is 2.69. The Morgan fingerprint density at radius 2 is 1.12 bits per heavy atom. The van der Waals surface area contributed by atoms with Crippen LogP contribution in [-0.2, 0) is 0 Å². The third-order valence-corrected chi connectivity index (χ3v) is 6.24.